The summed E-state index contributed by atoms with van der Waals surface area (Å²) in [5, 5.41) is 0. The Bertz CT molecular complexity index is 2130. The fourth-order valence-electron chi connectivity index (χ4n) is 6.33. The third kappa shape index (κ3) is 19.9. The van der Waals surface area contributed by atoms with Gasteiger partial charge in [0.1, 0.15) is 17.3 Å². The molecule has 0 aliphatic carbocycles. The molecule has 3 heteroatoms. The Balaban J connectivity index is 0.000000186. The van der Waals surface area contributed by atoms with E-state index in [1.54, 1.807) is 0 Å². The van der Waals surface area contributed by atoms with Crippen LogP contribution in [0.1, 0.15) is 92.9 Å². The second kappa shape index (κ2) is 26.9. The first-order chi connectivity index (χ1) is 29.9. The Hall–Kier alpha value is -6.19. The van der Waals surface area contributed by atoms with Crippen LogP contribution in [0.15, 0.2) is 170 Å². The van der Waals surface area contributed by atoms with Gasteiger partial charge in [0.25, 0.3) is 0 Å². The Kier molecular flexibility index (Phi) is 21.0. The Morgan fingerprint density at radius 1 is 0.339 bits per heavy atom. The van der Waals surface area contributed by atoms with E-state index in [1.165, 1.54) is 79.6 Å². The molecule has 0 saturated heterocycles. The lowest BCUT2D eigenvalue weighted by Gasteiger charge is -2.08. The van der Waals surface area contributed by atoms with Gasteiger partial charge in [0, 0.05) is 12.8 Å². The van der Waals surface area contributed by atoms with Crippen molar-refractivity contribution in [2.75, 3.05) is 6.79 Å². The average Bonchev–Trinajstić information content (AvgIpc) is 3.28. The van der Waals surface area contributed by atoms with E-state index in [0.717, 1.165) is 30.8 Å². The van der Waals surface area contributed by atoms with Crippen molar-refractivity contribution in [2.24, 2.45) is 0 Å². The zero-order valence-corrected chi connectivity index (χ0v) is 38.5. The van der Waals surface area contributed by atoms with Crippen molar-refractivity contribution >= 4 is 5.78 Å². The maximum atomic E-state index is 11.9. The highest BCUT2D eigenvalue weighted by atomic mass is 16.7. The minimum absolute atomic E-state index is 0.228. The molecule has 0 aromatic heterocycles. The normalized spacial score (nSPS) is 10.2. The van der Waals surface area contributed by atoms with Crippen molar-refractivity contribution in [1.29, 1.82) is 0 Å². The zero-order chi connectivity index (χ0) is 44.5. The van der Waals surface area contributed by atoms with Crippen LogP contribution in [-0.2, 0) is 30.5 Å². The van der Waals surface area contributed by atoms with E-state index < -0.39 is 0 Å². The van der Waals surface area contributed by atoms with Crippen molar-refractivity contribution in [3.05, 3.63) is 237 Å². The number of ether oxygens (including phenoxy) is 2. The van der Waals surface area contributed by atoms with E-state index in [2.05, 4.69) is 163 Å². The summed E-state index contributed by atoms with van der Waals surface area (Å²) in [5.74, 6) is 2.00. The topological polar surface area (TPSA) is 35.5 Å². The van der Waals surface area contributed by atoms with Crippen LogP contribution in [-0.4, -0.2) is 12.6 Å². The highest BCUT2D eigenvalue weighted by Gasteiger charge is 2.04. The van der Waals surface area contributed by atoms with E-state index in [4.69, 9.17) is 9.47 Å². The summed E-state index contributed by atoms with van der Waals surface area (Å²) in [4.78, 5) is 11.9. The van der Waals surface area contributed by atoms with Crippen LogP contribution in [0.3, 0.4) is 0 Å². The van der Waals surface area contributed by atoms with Gasteiger partial charge in [-0.2, -0.15) is 0 Å². The predicted molar refractivity (Wildman–Crippen MR) is 263 cm³/mol. The summed E-state index contributed by atoms with van der Waals surface area (Å²) in [6.45, 7) is 17.1. The molecule has 0 amide bonds. The molecular formula is C59H68O3. The molecule has 0 radical (unpaired) electrons. The summed E-state index contributed by atoms with van der Waals surface area (Å²) in [7, 11) is 0. The number of Topliss-reactive ketones (excluding diaryl/α,β-unsaturated/α-hetero) is 1. The molecule has 0 atom stereocenters. The smallest absolute Gasteiger partial charge is 0.230 e. The third-order valence-electron chi connectivity index (χ3n) is 10.4. The minimum Gasteiger partial charge on any atom is -0.458 e. The lowest BCUT2D eigenvalue weighted by Crippen LogP contribution is -2.05. The number of hydrogen-bond acceptors (Lipinski definition) is 3. The van der Waals surface area contributed by atoms with Crippen molar-refractivity contribution in [3.8, 4) is 11.5 Å². The molecule has 322 valence electrons. The van der Waals surface area contributed by atoms with E-state index >= 15 is 0 Å². The maximum absolute atomic E-state index is 11.9. The molecule has 7 aromatic rings. The molecule has 0 unspecified atom stereocenters. The Morgan fingerprint density at radius 2 is 0.581 bits per heavy atom. The van der Waals surface area contributed by atoms with E-state index in [-0.39, 0.29) is 6.79 Å². The lowest BCUT2D eigenvalue weighted by molar-refractivity contribution is -0.119. The molecule has 0 bridgehead atoms. The predicted octanol–water partition coefficient (Wildman–Crippen LogP) is 15.0. The number of benzene rings is 7. The molecule has 7 aromatic carbocycles. The van der Waals surface area contributed by atoms with Crippen LogP contribution >= 0.6 is 0 Å². The van der Waals surface area contributed by atoms with Crippen LogP contribution in [0.5, 0.6) is 11.5 Å². The number of carbonyl (C=O) groups is 1. The summed E-state index contributed by atoms with van der Waals surface area (Å²) in [6.07, 6.45) is 6.48. The zero-order valence-electron chi connectivity index (χ0n) is 38.5. The molecule has 0 N–H and O–H groups in total. The van der Waals surface area contributed by atoms with Gasteiger partial charge in [0.15, 0.2) is 0 Å². The van der Waals surface area contributed by atoms with Crippen LogP contribution < -0.4 is 9.47 Å². The van der Waals surface area contributed by atoms with E-state index in [0.29, 0.717) is 18.6 Å². The molecule has 0 spiro atoms. The average molecular weight is 825 g/mol. The van der Waals surface area contributed by atoms with Gasteiger partial charge in [-0.05, 0) is 126 Å². The molecule has 62 heavy (non-hydrogen) atoms. The standard InChI is InChI=1S/C19H22O.C15H16O2.C15H16.C10H14/c1-15-3-7-17(8-4-15)11-13-19(20)14-12-18-9-5-16(2)6-10-18;1-12-3-7-14(8-4-12)16-11-17-15-9-5-13(2)6-10-15;1-12-3-7-14(8-4-12)11-15-9-5-13(2)6-10-15;1-3-4-10-7-5-9(2)6-8-10/h3-10H,11-14H2,1-2H3;3-10H,11H2,1-2H3;3-10H,11H2,1-2H3;5-8H,3-4H2,1-2H3. The lowest BCUT2D eigenvalue weighted by atomic mass is 10.0. The largest absolute Gasteiger partial charge is 0.458 e. The fourth-order valence-corrected chi connectivity index (χ4v) is 6.33. The van der Waals surface area contributed by atoms with Crippen molar-refractivity contribution in [2.45, 2.75) is 100 Å². The summed E-state index contributed by atoms with van der Waals surface area (Å²) >= 11 is 0. The second-order valence-corrected chi connectivity index (χ2v) is 16.4. The number of rotatable bonds is 14. The second-order valence-electron chi connectivity index (χ2n) is 16.4. The van der Waals surface area contributed by atoms with Gasteiger partial charge in [-0.3, -0.25) is 4.79 Å². The number of ketones is 1. The molecule has 0 heterocycles. The van der Waals surface area contributed by atoms with Crippen LogP contribution in [0.4, 0.5) is 0 Å². The molecule has 7 rings (SSSR count). The van der Waals surface area contributed by atoms with Crippen LogP contribution in [0.25, 0.3) is 0 Å². The van der Waals surface area contributed by atoms with Gasteiger partial charge in [0.05, 0.1) is 0 Å². The van der Waals surface area contributed by atoms with Crippen molar-refractivity contribution in [1.82, 2.24) is 0 Å². The van der Waals surface area contributed by atoms with Gasteiger partial charge < -0.3 is 9.47 Å². The van der Waals surface area contributed by atoms with Gasteiger partial charge in [-0.25, -0.2) is 0 Å². The van der Waals surface area contributed by atoms with Crippen molar-refractivity contribution in [3.63, 3.8) is 0 Å². The van der Waals surface area contributed by atoms with Gasteiger partial charge >= 0.3 is 0 Å². The minimum atomic E-state index is 0.228. The fraction of sp³-hybridized carbons (Fsp3) is 0.271. The summed E-state index contributed by atoms with van der Waals surface area (Å²) < 4.78 is 10.9. The Labute approximate surface area is 373 Å². The van der Waals surface area contributed by atoms with E-state index in [1.807, 2.05) is 62.4 Å². The van der Waals surface area contributed by atoms with Gasteiger partial charge in [0.2, 0.25) is 6.79 Å². The Morgan fingerprint density at radius 3 is 0.855 bits per heavy atom. The molecule has 0 aliphatic heterocycles. The number of carbonyl (C=O) groups excluding carboxylic acids is 1. The molecule has 0 saturated carbocycles. The monoisotopic (exact) mass is 825 g/mol. The summed E-state index contributed by atoms with van der Waals surface area (Å²) in [5.41, 5.74) is 15.7. The van der Waals surface area contributed by atoms with Gasteiger partial charge in [-0.1, -0.05) is 198 Å². The molecule has 0 aliphatic rings. The molecule has 3 nitrogen and oxygen atoms in total. The van der Waals surface area contributed by atoms with Crippen molar-refractivity contribution < 1.29 is 14.3 Å². The first-order valence-corrected chi connectivity index (χ1v) is 22.1. The molecular weight excluding hydrogens is 757 g/mol. The van der Waals surface area contributed by atoms with Crippen LogP contribution in [0, 0.1) is 48.5 Å². The van der Waals surface area contributed by atoms with E-state index in [9.17, 15) is 4.79 Å². The van der Waals surface area contributed by atoms with Crippen LogP contribution in [0.2, 0.25) is 0 Å². The maximum Gasteiger partial charge on any atom is 0.230 e. The highest BCUT2D eigenvalue weighted by Crippen LogP contribution is 2.15. The summed E-state index contributed by atoms with van der Waals surface area (Å²) in [6, 6.07) is 58.9. The van der Waals surface area contributed by atoms with Gasteiger partial charge in [-0.15, -0.1) is 0 Å². The third-order valence-corrected chi connectivity index (χ3v) is 10.4. The number of hydrogen-bond donors (Lipinski definition) is 0. The first kappa shape index (κ1) is 48.5. The number of aryl methyl sites for hydroxylation is 10. The first-order valence-electron chi connectivity index (χ1n) is 22.1. The highest BCUT2D eigenvalue weighted by molar-refractivity contribution is 5.78. The SMILES string of the molecule is CCCc1ccc(C)cc1.Cc1ccc(CCC(=O)CCc2ccc(C)cc2)cc1.Cc1ccc(Cc2ccc(C)cc2)cc1.Cc1ccc(OCOc2ccc(C)cc2)cc1. The molecule has 0 fully saturated rings. The quantitative estimate of drug-likeness (QED) is 0.103.